The van der Waals surface area contributed by atoms with E-state index in [9.17, 15) is 9.59 Å². The average molecular weight is 303 g/mol. The summed E-state index contributed by atoms with van der Waals surface area (Å²) in [6, 6.07) is 12.1. The molecule has 0 aliphatic heterocycles. The number of hydrogen-bond acceptors (Lipinski definition) is 6. The van der Waals surface area contributed by atoms with Crippen molar-refractivity contribution in [2.75, 3.05) is 18.2 Å². The third-order valence-electron chi connectivity index (χ3n) is 2.48. The van der Waals surface area contributed by atoms with Gasteiger partial charge in [-0.15, -0.1) is 10.2 Å². The molecule has 0 saturated carbocycles. The Morgan fingerprint density at radius 2 is 1.90 bits per heavy atom. The first-order valence-corrected chi connectivity index (χ1v) is 7.07. The van der Waals surface area contributed by atoms with Gasteiger partial charge in [0.15, 0.2) is 5.82 Å². The number of nitrogens with one attached hydrogen (secondary N) is 1. The number of carbonyl (C=O) groups is 2. The van der Waals surface area contributed by atoms with Gasteiger partial charge in [0.05, 0.1) is 12.9 Å². The van der Waals surface area contributed by atoms with Crippen molar-refractivity contribution in [3.8, 4) is 0 Å². The van der Waals surface area contributed by atoms with Crippen molar-refractivity contribution in [3.05, 3.63) is 48.0 Å². The number of ether oxygens (including phenoxy) is 1. The summed E-state index contributed by atoms with van der Waals surface area (Å²) in [6.07, 6.45) is 0. The van der Waals surface area contributed by atoms with E-state index in [1.165, 1.54) is 18.9 Å². The molecule has 7 heteroatoms. The zero-order valence-electron chi connectivity index (χ0n) is 11.3. The zero-order valence-corrected chi connectivity index (χ0v) is 12.1. The van der Waals surface area contributed by atoms with Crippen LogP contribution in [0.2, 0.25) is 0 Å². The fraction of sp³-hybridized carbons (Fsp3) is 0.143. The van der Waals surface area contributed by atoms with Crippen LogP contribution < -0.4 is 5.32 Å². The van der Waals surface area contributed by atoms with E-state index in [4.69, 9.17) is 0 Å². The Morgan fingerprint density at radius 1 is 1.14 bits per heavy atom. The largest absolute Gasteiger partial charge is 0.468 e. The van der Waals surface area contributed by atoms with Gasteiger partial charge >= 0.3 is 5.97 Å². The van der Waals surface area contributed by atoms with Crippen LogP contribution in [0, 0.1) is 0 Å². The first kappa shape index (κ1) is 15.0. The standard InChI is InChI=1S/C14H13N3O3S/c1-20-13(18)9-21-12-8-7-11(16-17-12)15-14(19)10-5-3-2-4-6-10/h2-8H,9H2,1H3,(H,15,16,19). The predicted molar refractivity (Wildman–Crippen MR) is 79.2 cm³/mol. The van der Waals surface area contributed by atoms with Crippen molar-refractivity contribution in [1.82, 2.24) is 10.2 Å². The van der Waals surface area contributed by atoms with Gasteiger partial charge in [-0.3, -0.25) is 9.59 Å². The normalized spacial score (nSPS) is 9.95. The van der Waals surface area contributed by atoms with E-state index >= 15 is 0 Å². The molecular weight excluding hydrogens is 290 g/mol. The van der Waals surface area contributed by atoms with Gasteiger partial charge in [-0.05, 0) is 24.3 Å². The molecule has 0 saturated heterocycles. The van der Waals surface area contributed by atoms with E-state index in [1.54, 1.807) is 36.4 Å². The highest BCUT2D eigenvalue weighted by atomic mass is 32.2. The summed E-state index contributed by atoms with van der Waals surface area (Å²) in [6.45, 7) is 0. The molecule has 0 fully saturated rings. The Morgan fingerprint density at radius 3 is 2.52 bits per heavy atom. The number of esters is 1. The molecule has 1 aromatic heterocycles. The number of amides is 1. The minimum atomic E-state index is -0.330. The monoisotopic (exact) mass is 303 g/mol. The van der Waals surface area contributed by atoms with E-state index < -0.39 is 0 Å². The van der Waals surface area contributed by atoms with Gasteiger partial charge in [-0.25, -0.2) is 0 Å². The third kappa shape index (κ3) is 4.57. The second-order valence-electron chi connectivity index (χ2n) is 3.94. The lowest BCUT2D eigenvalue weighted by atomic mass is 10.2. The lowest BCUT2D eigenvalue weighted by Gasteiger charge is -2.04. The van der Waals surface area contributed by atoms with Crippen LogP contribution in [0.15, 0.2) is 47.5 Å². The molecule has 0 aliphatic carbocycles. The summed E-state index contributed by atoms with van der Waals surface area (Å²) in [7, 11) is 1.33. The lowest BCUT2D eigenvalue weighted by Crippen LogP contribution is -2.13. The number of methoxy groups -OCH3 is 1. The van der Waals surface area contributed by atoms with E-state index in [-0.39, 0.29) is 17.6 Å². The Kier molecular flexibility index (Phi) is 5.28. The number of hydrogen-bond donors (Lipinski definition) is 1. The Balaban J connectivity index is 1.93. The fourth-order valence-electron chi connectivity index (χ4n) is 1.43. The molecule has 1 N–H and O–H groups in total. The highest BCUT2D eigenvalue weighted by Crippen LogP contribution is 2.15. The van der Waals surface area contributed by atoms with Crippen LogP contribution in [-0.4, -0.2) is 34.9 Å². The van der Waals surface area contributed by atoms with Crippen molar-refractivity contribution in [2.24, 2.45) is 0 Å². The van der Waals surface area contributed by atoms with E-state index in [0.717, 1.165) is 0 Å². The molecule has 0 unspecified atom stereocenters. The highest BCUT2D eigenvalue weighted by Gasteiger charge is 2.07. The quantitative estimate of drug-likeness (QED) is 0.672. The van der Waals surface area contributed by atoms with Crippen LogP contribution in [0.5, 0.6) is 0 Å². The minimum absolute atomic E-state index is 0.168. The summed E-state index contributed by atoms with van der Waals surface area (Å²) in [4.78, 5) is 22.9. The maximum Gasteiger partial charge on any atom is 0.316 e. The highest BCUT2D eigenvalue weighted by molar-refractivity contribution is 7.99. The molecule has 6 nitrogen and oxygen atoms in total. The van der Waals surface area contributed by atoms with Crippen molar-refractivity contribution in [2.45, 2.75) is 5.03 Å². The molecule has 1 heterocycles. The first-order chi connectivity index (χ1) is 10.2. The number of aromatic nitrogens is 2. The Labute approximate surface area is 125 Å². The van der Waals surface area contributed by atoms with Crippen molar-refractivity contribution in [3.63, 3.8) is 0 Å². The SMILES string of the molecule is COC(=O)CSc1ccc(NC(=O)c2ccccc2)nn1. The second kappa shape index (κ2) is 7.39. The van der Waals surface area contributed by atoms with Gasteiger partial charge < -0.3 is 10.1 Å². The van der Waals surface area contributed by atoms with Crippen molar-refractivity contribution < 1.29 is 14.3 Å². The summed E-state index contributed by atoms with van der Waals surface area (Å²) in [5.41, 5.74) is 0.545. The van der Waals surface area contributed by atoms with Crippen LogP contribution in [-0.2, 0) is 9.53 Å². The molecule has 0 atom stereocenters. The summed E-state index contributed by atoms with van der Waals surface area (Å²) >= 11 is 1.22. The number of thioether (sulfide) groups is 1. The third-order valence-corrected chi connectivity index (χ3v) is 3.38. The molecule has 0 spiro atoms. The van der Waals surface area contributed by atoms with Crippen molar-refractivity contribution >= 4 is 29.5 Å². The molecule has 21 heavy (non-hydrogen) atoms. The smallest absolute Gasteiger partial charge is 0.316 e. The molecule has 0 aliphatic rings. The number of anilines is 1. The number of rotatable bonds is 5. The molecule has 1 amide bonds. The van der Waals surface area contributed by atoms with Crippen molar-refractivity contribution in [1.29, 1.82) is 0 Å². The van der Waals surface area contributed by atoms with Crippen LogP contribution in [0.25, 0.3) is 0 Å². The topological polar surface area (TPSA) is 81.2 Å². The maximum atomic E-state index is 11.9. The Bertz CT molecular complexity index is 617. The first-order valence-electron chi connectivity index (χ1n) is 6.09. The molecule has 2 aromatic rings. The summed E-state index contributed by atoms with van der Waals surface area (Å²) < 4.78 is 4.53. The lowest BCUT2D eigenvalue weighted by molar-refractivity contribution is -0.137. The average Bonchev–Trinajstić information content (AvgIpc) is 2.54. The van der Waals surface area contributed by atoms with Gasteiger partial charge in [0.2, 0.25) is 0 Å². The van der Waals surface area contributed by atoms with Crippen LogP contribution in [0.1, 0.15) is 10.4 Å². The van der Waals surface area contributed by atoms with E-state index in [0.29, 0.717) is 16.4 Å². The fourth-order valence-corrected chi connectivity index (χ4v) is 2.08. The number of nitrogens with zero attached hydrogens (tertiary/aromatic N) is 2. The molecule has 0 bridgehead atoms. The van der Waals surface area contributed by atoms with Gasteiger partial charge in [-0.2, -0.15) is 0 Å². The van der Waals surface area contributed by atoms with Crippen LogP contribution in [0.3, 0.4) is 0 Å². The van der Waals surface area contributed by atoms with Gasteiger partial charge in [-0.1, -0.05) is 30.0 Å². The molecule has 2 rings (SSSR count). The van der Waals surface area contributed by atoms with Gasteiger partial charge in [0, 0.05) is 5.56 Å². The minimum Gasteiger partial charge on any atom is -0.468 e. The van der Waals surface area contributed by atoms with Gasteiger partial charge in [0.25, 0.3) is 5.91 Å². The van der Waals surface area contributed by atoms with Crippen LogP contribution >= 0.6 is 11.8 Å². The summed E-state index contributed by atoms with van der Waals surface area (Å²) in [5.74, 6) is -0.0599. The van der Waals surface area contributed by atoms with Crippen LogP contribution in [0.4, 0.5) is 5.82 Å². The van der Waals surface area contributed by atoms with E-state index in [2.05, 4.69) is 20.3 Å². The molecule has 1 aromatic carbocycles. The number of benzene rings is 1. The van der Waals surface area contributed by atoms with Gasteiger partial charge in [0.1, 0.15) is 5.03 Å². The molecule has 0 radical (unpaired) electrons. The second-order valence-corrected chi connectivity index (χ2v) is 4.94. The zero-order chi connectivity index (χ0) is 15.1. The molecule has 108 valence electrons. The molecular formula is C14H13N3O3S. The maximum absolute atomic E-state index is 11.9. The number of carbonyl (C=O) groups excluding carboxylic acids is 2. The predicted octanol–water partition coefficient (Wildman–Crippen LogP) is 1.99. The Hall–Kier alpha value is -2.41. The summed E-state index contributed by atoms with van der Waals surface area (Å²) in [5, 5.41) is 11.0. The van der Waals surface area contributed by atoms with E-state index in [1.807, 2.05) is 6.07 Å².